The standard InChI is InChI=1S/C34H33FN4O5S/c1-2-3-4-21-5-7-22(8-6-21)29-12-9-23(45-29)10-14-31(41)38-17-15-37(16-18-38)28-20-25-24(19-26(28)35)33(43)39(34(25)44)27-11-13-30(40)36-32(27)42/h5-10,12,14,19-20,27H,2-4,11,13,15-18H2,1H3,(H,36,40,42)/b14-10+. The number of thiophene rings is 1. The molecule has 9 nitrogen and oxygen atoms in total. The van der Waals surface area contributed by atoms with Crippen molar-refractivity contribution in [3.63, 3.8) is 0 Å². The maximum atomic E-state index is 15.2. The number of carbonyl (C=O) groups is 5. The largest absolute Gasteiger partial charge is 0.366 e. The van der Waals surface area contributed by atoms with Crippen molar-refractivity contribution in [3.8, 4) is 10.4 Å². The lowest BCUT2D eigenvalue weighted by molar-refractivity contribution is -0.136. The number of aryl methyl sites for hydroxylation is 1. The van der Waals surface area contributed by atoms with Crippen LogP contribution in [-0.4, -0.2) is 71.6 Å². The van der Waals surface area contributed by atoms with Crippen LogP contribution in [0, 0.1) is 5.82 Å². The maximum Gasteiger partial charge on any atom is 0.262 e. The van der Waals surface area contributed by atoms with Gasteiger partial charge >= 0.3 is 0 Å². The Morgan fingerprint density at radius 3 is 2.38 bits per heavy atom. The number of carbonyl (C=O) groups excluding carboxylic acids is 5. The summed E-state index contributed by atoms with van der Waals surface area (Å²) in [6, 6.07) is 13.9. The average molecular weight is 629 g/mol. The molecule has 1 aromatic heterocycles. The third kappa shape index (κ3) is 6.17. The minimum atomic E-state index is -1.12. The van der Waals surface area contributed by atoms with Gasteiger partial charge in [-0.15, -0.1) is 11.3 Å². The average Bonchev–Trinajstić information content (AvgIpc) is 3.61. The fourth-order valence-corrected chi connectivity index (χ4v) is 6.88. The summed E-state index contributed by atoms with van der Waals surface area (Å²) in [6.07, 6.45) is 6.83. The molecule has 2 fully saturated rings. The van der Waals surface area contributed by atoms with Crippen LogP contribution in [0.15, 0.2) is 54.6 Å². The summed E-state index contributed by atoms with van der Waals surface area (Å²) in [4.78, 5) is 69.3. The predicted molar refractivity (Wildman–Crippen MR) is 169 cm³/mol. The molecule has 0 saturated carbocycles. The predicted octanol–water partition coefficient (Wildman–Crippen LogP) is 4.66. The second-order valence-electron chi connectivity index (χ2n) is 11.4. The summed E-state index contributed by atoms with van der Waals surface area (Å²) < 4.78 is 15.2. The van der Waals surface area contributed by atoms with Crippen molar-refractivity contribution in [2.45, 2.75) is 45.1 Å². The highest BCUT2D eigenvalue weighted by molar-refractivity contribution is 7.16. The molecule has 3 aliphatic rings. The van der Waals surface area contributed by atoms with Crippen molar-refractivity contribution in [1.82, 2.24) is 15.1 Å². The van der Waals surface area contributed by atoms with Gasteiger partial charge in [0.05, 0.1) is 16.8 Å². The molecule has 3 aromatic rings. The molecule has 0 radical (unpaired) electrons. The van der Waals surface area contributed by atoms with Crippen LogP contribution >= 0.6 is 11.3 Å². The lowest BCUT2D eigenvalue weighted by atomic mass is 10.0. The van der Waals surface area contributed by atoms with E-state index in [4.69, 9.17) is 0 Å². The molecule has 0 spiro atoms. The van der Waals surface area contributed by atoms with Gasteiger partial charge in [-0.25, -0.2) is 4.39 Å². The van der Waals surface area contributed by atoms with Crippen molar-refractivity contribution in [1.29, 1.82) is 0 Å². The minimum Gasteiger partial charge on any atom is -0.366 e. The highest BCUT2D eigenvalue weighted by atomic mass is 32.1. The van der Waals surface area contributed by atoms with E-state index < -0.39 is 35.5 Å². The van der Waals surface area contributed by atoms with Crippen LogP contribution in [0.3, 0.4) is 0 Å². The van der Waals surface area contributed by atoms with Gasteiger partial charge in [-0.1, -0.05) is 37.6 Å². The van der Waals surface area contributed by atoms with Crippen molar-refractivity contribution < 1.29 is 28.4 Å². The third-order valence-corrected chi connectivity index (χ3v) is 9.61. The zero-order valence-corrected chi connectivity index (χ0v) is 25.7. The molecule has 1 unspecified atom stereocenters. The summed E-state index contributed by atoms with van der Waals surface area (Å²) in [5, 5.41) is 2.15. The molecule has 11 heteroatoms. The summed E-state index contributed by atoms with van der Waals surface area (Å²) in [5.74, 6) is -3.43. The van der Waals surface area contributed by atoms with Crippen LogP contribution in [0.1, 0.15) is 63.8 Å². The number of hydrogen-bond acceptors (Lipinski definition) is 7. The number of fused-ring (bicyclic) bond motifs is 1. The van der Waals surface area contributed by atoms with Crippen LogP contribution in [-0.2, 0) is 20.8 Å². The second-order valence-corrected chi connectivity index (χ2v) is 12.6. The maximum absolute atomic E-state index is 15.2. The molecule has 2 saturated heterocycles. The van der Waals surface area contributed by atoms with E-state index in [-0.39, 0.29) is 35.6 Å². The monoisotopic (exact) mass is 628 g/mol. The number of halogens is 1. The van der Waals surface area contributed by atoms with Gasteiger partial charge in [0.2, 0.25) is 17.7 Å². The van der Waals surface area contributed by atoms with Gasteiger partial charge in [0, 0.05) is 48.4 Å². The SMILES string of the molecule is CCCCc1ccc(-c2ccc(/C=C/C(=O)N3CCN(c4cc5c(cc4F)C(=O)N(C4CCC(=O)NC4=O)C5=O)CC3)s2)cc1. The Morgan fingerprint density at radius 2 is 1.69 bits per heavy atom. The fraction of sp³-hybridized carbons (Fsp3) is 0.324. The topological polar surface area (TPSA) is 107 Å². The Morgan fingerprint density at radius 1 is 0.978 bits per heavy atom. The van der Waals surface area contributed by atoms with E-state index in [9.17, 15) is 24.0 Å². The lowest BCUT2D eigenvalue weighted by Crippen LogP contribution is -2.54. The van der Waals surface area contributed by atoms with Crippen molar-refractivity contribution in [3.05, 3.63) is 82.0 Å². The molecule has 232 valence electrons. The van der Waals surface area contributed by atoms with Gasteiger partial charge in [0.1, 0.15) is 11.9 Å². The molecule has 3 aliphatic heterocycles. The van der Waals surface area contributed by atoms with Crippen LogP contribution < -0.4 is 10.2 Å². The molecule has 1 N–H and O–H groups in total. The van der Waals surface area contributed by atoms with Crippen LogP contribution in [0.25, 0.3) is 16.5 Å². The van der Waals surface area contributed by atoms with Crippen LogP contribution in [0.2, 0.25) is 0 Å². The van der Waals surface area contributed by atoms with E-state index in [1.807, 2.05) is 12.1 Å². The van der Waals surface area contributed by atoms with Gasteiger partial charge < -0.3 is 9.80 Å². The number of unbranched alkanes of at least 4 members (excludes halogenated alkanes) is 1. The second kappa shape index (κ2) is 12.8. The number of imide groups is 2. The van der Waals surface area contributed by atoms with Gasteiger partial charge in [-0.2, -0.15) is 0 Å². The summed E-state index contributed by atoms with van der Waals surface area (Å²) in [5.41, 5.74) is 2.56. The number of hydrogen-bond donors (Lipinski definition) is 1. The minimum absolute atomic E-state index is 0.00358. The van der Waals surface area contributed by atoms with E-state index in [1.54, 1.807) is 27.2 Å². The first kappa shape index (κ1) is 30.4. The van der Waals surface area contributed by atoms with Gasteiger partial charge in [-0.05, 0) is 60.7 Å². The molecule has 0 aliphatic carbocycles. The number of piperidine rings is 1. The number of nitrogens with one attached hydrogen (secondary N) is 1. The fourth-order valence-electron chi connectivity index (χ4n) is 5.96. The van der Waals surface area contributed by atoms with Crippen molar-refractivity contribution in [2.24, 2.45) is 0 Å². The van der Waals surface area contributed by atoms with E-state index in [0.717, 1.165) is 32.7 Å². The molecule has 0 bridgehead atoms. The molecule has 45 heavy (non-hydrogen) atoms. The quantitative estimate of drug-likeness (QED) is 0.287. The molecule has 6 rings (SSSR count). The Hall–Kier alpha value is -4.64. The number of amides is 5. The first-order chi connectivity index (χ1) is 21.7. The zero-order chi connectivity index (χ0) is 31.7. The third-order valence-electron chi connectivity index (χ3n) is 8.51. The van der Waals surface area contributed by atoms with Gasteiger partial charge in [-0.3, -0.25) is 34.2 Å². The highest BCUT2D eigenvalue weighted by Crippen LogP contribution is 2.33. The normalized spacial score (nSPS) is 18.6. The van der Waals surface area contributed by atoms with Crippen molar-refractivity contribution >= 4 is 52.6 Å². The molecular formula is C34H33FN4O5S. The molecule has 1 atom stereocenters. The van der Waals surface area contributed by atoms with Crippen LogP contribution in [0.5, 0.6) is 0 Å². The van der Waals surface area contributed by atoms with Crippen LogP contribution in [0.4, 0.5) is 10.1 Å². The van der Waals surface area contributed by atoms with Crippen molar-refractivity contribution in [2.75, 3.05) is 31.1 Å². The van der Waals surface area contributed by atoms with E-state index in [1.165, 1.54) is 24.5 Å². The first-order valence-electron chi connectivity index (χ1n) is 15.2. The number of anilines is 1. The van der Waals surface area contributed by atoms with Gasteiger partial charge in [0.25, 0.3) is 11.8 Å². The van der Waals surface area contributed by atoms with E-state index in [2.05, 4.69) is 42.6 Å². The smallest absolute Gasteiger partial charge is 0.262 e. The Labute approximate surface area is 264 Å². The van der Waals surface area contributed by atoms with Gasteiger partial charge in [0.15, 0.2) is 0 Å². The summed E-state index contributed by atoms with van der Waals surface area (Å²) >= 11 is 1.62. The Kier molecular flexibility index (Phi) is 8.62. The molecule has 4 heterocycles. The van der Waals surface area contributed by atoms with E-state index >= 15 is 4.39 Å². The zero-order valence-electron chi connectivity index (χ0n) is 24.9. The highest BCUT2D eigenvalue weighted by Gasteiger charge is 2.45. The number of piperazine rings is 1. The Balaban J connectivity index is 1.07. The first-order valence-corrected chi connectivity index (χ1v) is 16.0. The van der Waals surface area contributed by atoms with E-state index in [0.29, 0.717) is 26.2 Å². The number of nitrogens with zero attached hydrogens (tertiary/aromatic N) is 3. The Bertz CT molecular complexity index is 1710. The molecule has 5 amide bonds. The molecular weight excluding hydrogens is 595 g/mol. The summed E-state index contributed by atoms with van der Waals surface area (Å²) in [7, 11) is 0. The number of rotatable bonds is 8. The lowest BCUT2D eigenvalue weighted by Gasteiger charge is -2.36. The molecule has 2 aromatic carbocycles. The number of benzene rings is 2. The summed E-state index contributed by atoms with van der Waals surface area (Å²) in [6.45, 7) is 3.58.